The van der Waals surface area contributed by atoms with Crippen molar-refractivity contribution in [3.63, 3.8) is 0 Å². The molecule has 0 bridgehead atoms. The van der Waals surface area contributed by atoms with Crippen molar-refractivity contribution >= 4 is 88.1 Å². The fraction of sp³-hybridized carbons (Fsp3) is 0.0741. The molecule has 0 N–H and O–H groups in total. The van der Waals surface area contributed by atoms with Crippen molar-refractivity contribution in [1.82, 2.24) is 9.13 Å². The molecule has 0 aliphatic carbocycles. The molecule has 0 atom stereocenters. The summed E-state index contributed by atoms with van der Waals surface area (Å²) in [6.45, 7) is 6.97. The van der Waals surface area contributed by atoms with E-state index in [0.29, 0.717) is 0 Å². The van der Waals surface area contributed by atoms with Gasteiger partial charge in [-0.2, -0.15) is 0 Å². The standard InChI is InChI=1S/C54H35BN2/c1-54(2,3)37-27-28-40-44(31-37)56-52-39-22-13-11-20-35(39)30-45-49(52)55(43-29-36-26-25-32-15-10-12-21-38(32)46(36)48(40)53(43)56)42-24-14-23-41-47(33-16-6-4-7-17-33)50(57(45)51(41)42)34-18-8-5-9-19-34/h4-12,14-21,23-31H,1-3H3. The zero-order chi connectivity index (χ0) is 37.7. The van der Waals surface area contributed by atoms with Crippen LogP contribution in [0.1, 0.15) is 26.3 Å². The van der Waals surface area contributed by atoms with E-state index < -0.39 is 0 Å². The van der Waals surface area contributed by atoms with Crippen molar-refractivity contribution in [3.05, 3.63) is 175 Å². The lowest BCUT2D eigenvalue weighted by Crippen LogP contribution is -2.59. The molecule has 0 unspecified atom stereocenters. The normalized spacial score (nSPS) is 13.0. The molecular weight excluding hydrogens is 687 g/mol. The summed E-state index contributed by atoms with van der Waals surface area (Å²) >= 11 is 0. The monoisotopic (exact) mass is 722 g/mol. The van der Waals surface area contributed by atoms with Crippen LogP contribution in [-0.4, -0.2) is 15.8 Å². The fourth-order valence-corrected chi connectivity index (χ4v) is 10.6. The van der Waals surface area contributed by atoms with Crippen LogP contribution in [0, 0.1) is 12.1 Å². The zero-order valence-corrected chi connectivity index (χ0v) is 32.0. The van der Waals surface area contributed by atoms with Crippen LogP contribution in [0.15, 0.2) is 158 Å². The molecule has 264 valence electrons. The van der Waals surface area contributed by atoms with Crippen molar-refractivity contribution in [2.75, 3.05) is 0 Å². The predicted molar refractivity (Wildman–Crippen MR) is 242 cm³/mol. The quantitative estimate of drug-likeness (QED) is 0.124. The Hall–Kier alpha value is -7.02. The predicted octanol–water partition coefficient (Wildman–Crippen LogP) is 11.6. The van der Waals surface area contributed by atoms with Gasteiger partial charge in [-0.25, -0.2) is 0 Å². The molecule has 3 heteroatoms. The Morgan fingerprint density at radius 2 is 1.30 bits per heavy atom. The Morgan fingerprint density at radius 3 is 2.12 bits per heavy atom. The van der Waals surface area contributed by atoms with Crippen molar-refractivity contribution in [3.8, 4) is 33.8 Å². The van der Waals surface area contributed by atoms with Crippen molar-refractivity contribution in [2.45, 2.75) is 26.2 Å². The third-order valence-electron chi connectivity index (χ3n) is 13.0. The van der Waals surface area contributed by atoms with E-state index in [1.807, 2.05) is 6.07 Å². The van der Waals surface area contributed by atoms with E-state index in [9.17, 15) is 0 Å². The Balaban J connectivity index is 1.31. The molecule has 0 radical (unpaired) electrons. The van der Waals surface area contributed by atoms with Gasteiger partial charge in [0.2, 0.25) is 0 Å². The largest absolute Gasteiger partial charge is 0.310 e. The maximum atomic E-state index is 3.69. The van der Waals surface area contributed by atoms with Crippen LogP contribution in [0.4, 0.5) is 0 Å². The fourth-order valence-electron chi connectivity index (χ4n) is 10.6. The van der Waals surface area contributed by atoms with Crippen molar-refractivity contribution < 1.29 is 0 Å². The average Bonchev–Trinajstić information content (AvgIpc) is 3.78. The second-order valence-corrected chi connectivity index (χ2v) is 17.1. The van der Waals surface area contributed by atoms with E-state index in [1.54, 1.807) is 0 Å². The number of rotatable bonds is 2. The summed E-state index contributed by atoms with van der Waals surface area (Å²) in [5.41, 5.74) is 16.6. The van der Waals surface area contributed by atoms with E-state index in [0.717, 1.165) is 5.39 Å². The summed E-state index contributed by atoms with van der Waals surface area (Å²) in [5.74, 6) is 0. The molecule has 0 fully saturated rings. The van der Waals surface area contributed by atoms with Crippen LogP contribution < -0.4 is 16.4 Å². The lowest BCUT2D eigenvalue weighted by Gasteiger charge is -2.35. The number of nitrogens with zero attached hydrogens (tertiary/aromatic N) is 2. The molecule has 2 aliphatic rings. The van der Waals surface area contributed by atoms with Crippen LogP contribution in [0.25, 0.3) is 98.8 Å². The highest BCUT2D eigenvalue weighted by molar-refractivity contribution is 7.00. The number of para-hydroxylation sites is 1. The molecule has 2 aromatic heterocycles. The van der Waals surface area contributed by atoms with Crippen LogP contribution >= 0.6 is 0 Å². The van der Waals surface area contributed by atoms with Gasteiger partial charge in [-0.15, -0.1) is 0 Å². The van der Waals surface area contributed by atoms with E-state index in [-0.39, 0.29) is 12.1 Å². The topological polar surface area (TPSA) is 9.86 Å². The molecule has 9 aromatic carbocycles. The maximum absolute atomic E-state index is 3.69. The summed E-state index contributed by atoms with van der Waals surface area (Å²) in [5, 5.41) is 11.4. The first-order chi connectivity index (χ1) is 28.0. The Morgan fingerprint density at radius 1 is 0.544 bits per heavy atom. The van der Waals surface area contributed by atoms with E-state index in [2.05, 4.69) is 194 Å². The molecule has 57 heavy (non-hydrogen) atoms. The minimum absolute atomic E-state index is 0.00335. The first kappa shape index (κ1) is 31.2. The summed E-state index contributed by atoms with van der Waals surface area (Å²) in [6, 6.07) is 66.1. The van der Waals surface area contributed by atoms with Gasteiger partial charge < -0.3 is 9.13 Å². The number of hydrogen-bond donors (Lipinski definition) is 0. The molecule has 0 saturated carbocycles. The van der Waals surface area contributed by atoms with Crippen molar-refractivity contribution in [2.24, 2.45) is 0 Å². The SMILES string of the molecule is CC(C)(C)c1ccc2c3c4c(ccc5ccccc54)cc4c3n(c2c1)-c1c2c(cc3ccc#cc13)-n1c(-c3ccccc3)c(-c3ccccc3)c3cccc(c31)B24. The highest BCUT2D eigenvalue weighted by Gasteiger charge is 2.43. The molecule has 13 rings (SSSR count). The average molecular weight is 723 g/mol. The van der Waals surface area contributed by atoms with Gasteiger partial charge in [0.05, 0.1) is 27.8 Å². The van der Waals surface area contributed by atoms with Gasteiger partial charge >= 0.3 is 0 Å². The van der Waals surface area contributed by atoms with Crippen LogP contribution in [-0.2, 0) is 5.41 Å². The Bertz CT molecular complexity index is 3540. The number of hydrogen-bond acceptors (Lipinski definition) is 0. The minimum atomic E-state index is -0.0219. The molecule has 11 aromatic rings. The smallest absolute Gasteiger partial charge is 0.252 e. The maximum Gasteiger partial charge on any atom is 0.252 e. The number of benzene rings is 8. The Kier molecular flexibility index (Phi) is 5.94. The van der Waals surface area contributed by atoms with Crippen LogP contribution in [0.3, 0.4) is 0 Å². The second kappa shape index (κ2) is 10.8. The van der Waals surface area contributed by atoms with Gasteiger partial charge in [-0.1, -0.05) is 166 Å². The zero-order valence-electron chi connectivity index (χ0n) is 32.0. The highest BCUT2D eigenvalue weighted by atomic mass is 15.0. The van der Waals surface area contributed by atoms with Crippen molar-refractivity contribution in [1.29, 1.82) is 0 Å². The van der Waals surface area contributed by atoms with Gasteiger partial charge in [0.15, 0.2) is 0 Å². The first-order valence-corrected chi connectivity index (χ1v) is 20.1. The van der Waals surface area contributed by atoms with Crippen LogP contribution in [0.2, 0.25) is 0 Å². The summed E-state index contributed by atoms with van der Waals surface area (Å²) in [6.07, 6.45) is 0. The van der Waals surface area contributed by atoms with E-state index in [4.69, 9.17) is 0 Å². The van der Waals surface area contributed by atoms with Gasteiger partial charge in [0.1, 0.15) is 0 Å². The lowest BCUT2D eigenvalue weighted by atomic mass is 9.34. The number of aromatic nitrogens is 2. The van der Waals surface area contributed by atoms with Gasteiger partial charge in [-0.05, 0) is 89.7 Å². The minimum Gasteiger partial charge on any atom is -0.310 e. The molecule has 0 amide bonds. The highest BCUT2D eigenvalue weighted by Crippen LogP contribution is 2.47. The molecule has 2 nitrogen and oxygen atoms in total. The van der Waals surface area contributed by atoms with E-state index in [1.165, 1.54) is 115 Å². The van der Waals surface area contributed by atoms with Gasteiger partial charge in [-0.3, -0.25) is 0 Å². The van der Waals surface area contributed by atoms with E-state index >= 15 is 0 Å². The molecule has 2 aliphatic heterocycles. The van der Waals surface area contributed by atoms with Crippen LogP contribution in [0.5, 0.6) is 0 Å². The third-order valence-corrected chi connectivity index (χ3v) is 13.0. The molecule has 4 heterocycles. The van der Waals surface area contributed by atoms with Gasteiger partial charge in [0, 0.05) is 32.9 Å². The lowest BCUT2D eigenvalue weighted by molar-refractivity contribution is 0.591. The number of fused-ring (bicyclic) bond motifs is 13. The summed E-state index contributed by atoms with van der Waals surface area (Å²) in [4.78, 5) is 0. The summed E-state index contributed by atoms with van der Waals surface area (Å²) in [7, 11) is 0. The molecule has 0 saturated heterocycles. The summed E-state index contributed by atoms with van der Waals surface area (Å²) < 4.78 is 5.24. The first-order valence-electron chi connectivity index (χ1n) is 20.1. The van der Waals surface area contributed by atoms with Gasteiger partial charge in [0.25, 0.3) is 6.71 Å². The molecular formula is C54H35BN2. The second-order valence-electron chi connectivity index (χ2n) is 17.1. The third kappa shape index (κ3) is 3.97. The Labute approximate surface area is 331 Å². The molecule has 0 spiro atoms.